The molecule has 1 nitrogen and oxygen atoms in total. The third kappa shape index (κ3) is 6.53. The van der Waals surface area contributed by atoms with E-state index in [1.54, 1.807) is 0 Å². The second kappa shape index (κ2) is 6.47. The third-order valence-corrected chi connectivity index (χ3v) is 2.85. The fourth-order valence-corrected chi connectivity index (χ4v) is 0.775. The van der Waals surface area contributed by atoms with Gasteiger partial charge in [-0.3, -0.25) is 0 Å². The van der Waals surface area contributed by atoms with Crippen molar-refractivity contribution < 1.29 is 34.2 Å². The Morgan fingerprint density at radius 2 is 1.50 bits per heavy atom. The van der Waals surface area contributed by atoms with E-state index in [4.69, 9.17) is 4.65 Å². The van der Waals surface area contributed by atoms with Gasteiger partial charge in [-0.05, 0) is 13.8 Å². The Kier molecular flexibility index (Phi) is 8.36. The van der Waals surface area contributed by atoms with Gasteiger partial charge in [-0.2, -0.15) is 0 Å². The molecule has 0 rings (SSSR count). The molecule has 0 aromatic carbocycles. The largest absolute Gasteiger partial charge is 1.00 e. The summed E-state index contributed by atoms with van der Waals surface area (Å²) in [5, 5.41) is 0.435. The van der Waals surface area contributed by atoms with E-state index in [1.165, 1.54) is 0 Å². The molecule has 0 saturated heterocycles. The summed E-state index contributed by atoms with van der Waals surface area (Å²) in [5.74, 6) is 0.737. The maximum atomic E-state index is 5.69. The van der Waals surface area contributed by atoms with Gasteiger partial charge in [0.2, 0.25) is 0 Å². The molecule has 0 aromatic heterocycles. The summed E-state index contributed by atoms with van der Waals surface area (Å²) in [6.45, 7) is 13.4. The minimum atomic E-state index is -0.234. The van der Waals surface area contributed by atoms with Crippen LogP contribution in [0.15, 0.2) is 0 Å². The van der Waals surface area contributed by atoms with Gasteiger partial charge in [0.15, 0.2) is 0 Å². The Hall–Kier alpha value is 1.02. The molecule has 0 bridgehead atoms. The smallest absolute Gasteiger partial charge is 0.594 e. The summed E-state index contributed by atoms with van der Waals surface area (Å²) in [7, 11) is -0.234. The molecular formula is C9H22BNaO. The van der Waals surface area contributed by atoms with Gasteiger partial charge in [0.05, 0.1) is 7.48 Å². The van der Waals surface area contributed by atoms with Gasteiger partial charge in [-0.25, -0.2) is 0 Å². The molecular weight excluding hydrogens is 158 g/mol. The van der Waals surface area contributed by atoms with Crippen LogP contribution in [0.4, 0.5) is 0 Å². The van der Waals surface area contributed by atoms with E-state index in [2.05, 4.69) is 41.5 Å². The van der Waals surface area contributed by atoms with Gasteiger partial charge in [-0.15, -0.1) is 5.31 Å². The van der Waals surface area contributed by atoms with E-state index in [0.29, 0.717) is 11.4 Å². The van der Waals surface area contributed by atoms with Gasteiger partial charge in [0.25, 0.3) is 0 Å². The molecule has 0 aromatic rings. The van der Waals surface area contributed by atoms with Crippen LogP contribution < -0.4 is 29.6 Å². The maximum Gasteiger partial charge on any atom is 1.00 e. The zero-order valence-electron chi connectivity index (χ0n) is 10.1. The summed E-state index contributed by atoms with van der Waals surface area (Å²) < 4.78 is 5.69. The van der Waals surface area contributed by atoms with Crippen molar-refractivity contribution in [1.29, 1.82) is 0 Å². The Bertz CT molecular complexity index is 113. The molecule has 0 N–H and O–H groups in total. The summed E-state index contributed by atoms with van der Waals surface area (Å²) in [6, 6.07) is 0. The van der Waals surface area contributed by atoms with Crippen molar-refractivity contribution in [2.45, 2.75) is 53.0 Å². The van der Waals surface area contributed by atoms with Gasteiger partial charge in [0, 0.05) is 6.10 Å². The van der Waals surface area contributed by atoms with E-state index in [9.17, 15) is 0 Å². The van der Waals surface area contributed by atoms with E-state index < -0.39 is 0 Å². The van der Waals surface area contributed by atoms with Gasteiger partial charge < -0.3 is 4.65 Å². The second-order valence-corrected chi connectivity index (χ2v) is 5.01. The zero-order chi connectivity index (χ0) is 9.07. The molecule has 3 heteroatoms. The van der Waals surface area contributed by atoms with E-state index >= 15 is 0 Å². The van der Waals surface area contributed by atoms with Crippen molar-refractivity contribution in [3.63, 3.8) is 0 Å². The minimum absolute atomic E-state index is 0. The van der Waals surface area contributed by atoms with Crippen molar-refractivity contribution in [3.05, 3.63) is 0 Å². The van der Waals surface area contributed by atoms with Crippen LogP contribution in [-0.4, -0.2) is 13.6 Å². The van der Waals surface area contributed by atoms with Crippen LogP contribution in [-0.2, 0) is 4.65 Å². The zero-order valence-corrected chi connectivity index (χ0v) is 12.1. The molecule has 0 fully saturated rings. The molecule has 12 heavy (non-hydrogen) atoms. The first-order valence-electron chi connectivity index (χ1n) is 4.74. The van der Waals surface area contributed by atoms with Crippen molar-refractivity contribution in [2.75, 3.05) is 0 Å². The molecule has 68 valence electrons. The average molecular weight is 180 g/mol. The average Bonchev–Trinajstić information content (AvgIpc) is 1.84. The first-order chi connectivity index (χ1) is 4.86. The molecule has 0 spiro atoms. The Balaban J connectivity index is 0. The first-order valence-corrected chi connectivity index (χ1v) is 4.74. The fourth-order valence-electron chi connectivity index (χ4n) is 0.775. The standard InChI is InChI=1S/C9H22BO.Na/c1-7(2)9(5,6)10-11-8(3)4;/h7-8H,10H2,1-6H3;/q-1;+1. The maximum absolute atomic E-state index is 5.69. The second-order valence-electron chi connectivity index (χ2n) is 5.01. The first kappa shape index (κ1) is 15.5. The number of hydrogen-bond donors (Lipinski definition) is 0. The molecule has 0 unspecified atom stereocenters. The van der Waals surface area contributed by atoms with Crippen LogP contribution in [0.2, 0.25) is 5.31 Å². The van der Waals surface area contributed by atoms with Crippen LogP contribution in [0.25, 0.3) is 0 Å². The molecule has 0 amide bonds. The van der Waals surface area contributed by atoms with Gasteiger partial charge in [-0.1, -0.05) is 33.6 Å². The van der Waals surface area contributed by atoms with Crippen LogP contribution in [0.3, 0.4) is 0 Å². The summed E-state index contributed by atoms with van der Waals surface area (Å²) in [4.78, 5) is 0. The molecule has 0 saturated carbocycles. The topological polar surface area (TPSA) is 9.23 Å². The van der Waals surface area contributed by atoms with E-state index in [-0.39, 0.29) is 37.0 Å². The van der Waals surface area contributed by atoms with Crippen molar-refractivity contribution >= 4 is 7.48 Å². The summed E-state index contributed by atoms with van der Waals surface area (Å²) >= 11 is 0. The molecule has 0 heterocycles. The molecule has 0 atom stereocenters. The summed E-state index contributed by atoms with van der Waals surface area (Å²) in [5.41, 5.74) is 0. The Labute approximate surface area is 100 Å². The van der Waals surface area contributed by atoms with E-state index in [1.807, 2.05) is 0 Å². The quantitative estimate of drug-likeness (QED) is 0.522. The van der Waals surface area contributed by atoms with Crippen LogP contribution >= 0.6 is 0 Å². The van der Waals surface area contributed by atoms with Gasteiger partial charge in [0.1, 0.15) is 0 Å². The molecule has 0 aliphatic carbocycles. The predicted molar refractivity (Wildman–Crippen MR) is 53.6 cm³/mol. The SMILES string of the molecule is CC(C)O[BH2-]C(C)(C)C(C)C.[Na+]. The van der Waals surface area contributed by atoms with Gasteiger partial charge >= 0.3 is 29.6 Å². The fraction of sp³-hybridized carbons (Fsp3) is 1.00. The molecule has 0 radical (unpaired) electrons. The van der Waals surface area contributed by atoms with Crippen LogP contribution in [0.5, 0.6) is 0 Å². The normalized spacial score (nSPS) is 12.0. The Morgan fingerprint density at radius 3 is 1.75 bits per heavy atom. The van der Waals surface area contributed by atoms with Crippen molar-refractivity contribution in [1.82, 2.24) is 0 Å². The van der Waals surface area contributed by atoms with E-state index in [0.717, 1.165) is 5.92 Å². The van der Waals surface area contributed by atoms with Crippen molar-refractivity contribution in [3.8, 4) is 0 Å². The molecule has 0 aliphatic heterocycles. The van der Waals surface area contributed by atoms with Crippen molar-refractivity contribution in [2.24, 2.45) is 5.92 Å². The number of rotatable bonds is 4. The van der Waals surface area contributed by atoms with Crippen LogP contribution in [0.1, 0.15) is 41.5 Å². The van der Waals surface area contributed by atoms with Crippen LogP contribution in [0, 0.1) is 5.92 Å². The number of hydrogen-bond acceptors (Lipinski definition) is 1. The third-order valence-electron chi connectivity index (χ3n) is 2.85. The Morgan fingerprint density at radius 1 is 1.08 bits per heavy atom. The summed E-state index contributed by atoms with van der Waals surface area (Å²) in [6.07, 6.45) is 0.410. The minimum Gasteiger partial charge on any atom is -0.594 e. The molecule has 0 aliphatic rings. The predicted octanol–water partition coefficient (Wildman–Crippen LogP) is -0.646. The monoisotopic (exact) mass is 180 g/mol.